The lowest BCUT2D eigenvalue weighted by Crippen LogP contribution is -2.47. The molecule has 0 saturated carbocycles. The van der Waals surface area contributed by atoms with E-state index in [0.29, 0.717) is 41.9 Å². The Bertz CT molecular complexity index is 1160. The minimum absolute atomic E-state index is 0.333. The zero-order valence-electron chi connectivity index (χ0n) is 19.0. The number of anilines is 3. The smallest absolute Gasteiger partial charge is 0.153 e. The molecule has 2 bridgehead atoms. The molecule has 3 aromatic rings. The first-order chi connectivity index (χ1) is 15.9. The number of hydrogen-bond donors (Lipinski definition) is 4. The van der Waals surface area contributed by atoms with Gasteiger partial charge in [0.15, 0.2) is 5.82 Å². The van der Waals surface area contributed by atoms with Crippen LogP contribution in [0.1, 0.15) is 51.6 Å². The zero-order chi connectivity index (χ0) is 23.0. The molecule has 5 rings (SSSR count). The maximum Gasteiger partial charge on any atom is 0.153 e. The van der Waals surface area contributed by atoms with E-state index in [1.54, 1.807) is 26.1 Å². The number of hydrogen-bond acceptors (Lipinski definition) is 8. The van der Waals surface area contributed by atoms with Crippen LogP contribution in [0.4, 0.5) is 17.5 Å². The van der Waals surface area contributed by atoms with E-state index in [9.17, 15) is 5.11 Å². The minimum Gasteiger partial charge on any atom is -0.384 e. The van der Waals surface area contributed by atoms with E-state index in [1.807, 2.05) is 18.2 Å². The van der Waals surface area contributed by atoms with Crippen molar-refractivity contribution in [3.05, 3.63) is 36.2 Å². The lowest BCUT2D eigenvalue weighted by Gasteiger charge is -2.39. The topological polar surface area (TPSA) is 126 Å². The van der Waals surface area contributed by atoms with E-state index in [4.69, 9.17) is 10.2 Å². The number of aromatic nitrogens is 4. The van der Waals surface area contributed by atoms with Crippen molar-refractivity contribution in [3.8, 4) is 6.07 Å². The summed E-state index contributed by atoms with van der Waals surface area (Å²) in [4.78, 5) is 11.9. The fourth-order valence-corrected chi connectivity index (χ4v) is 5.21. The van der Waals surface area contributed by atoms with E-state index in [1.165, 1.54) is 12.8 Å². The molecule has 2 saturated heterocycles. The van der Waals surface area contributed by atoms with Gasteiger partial charge in [-0.15, -0.1) is 0 Å². The number of nitriles is 1. The minimum atomic E-state index is -1.00. The van der Waals surface area contributed by atoms with Crippen LogP contribution in [0.2, 0.25) is 0 Å². The van der Waals surface area contributed by atoms with Gasteiger partial charge in [-0.3, -0.25) is 15.0 Å². The van der Waals surface area contributed by atoms with Gasteiger partial charge < -0.3 is 15.7 Å². The number of aliphatic hydroxyl groups is 1. The van der Waals surface area contributed by atoms with Crippen LogP contribution >= 0.6 is 0 Å². The first kappa shape index (κ1) is 21.6. The van der Waals surface area contributed by atoms with Gasteiger partial charge in [0.1, 0.15) is 17.2 Å². The SMILES string of the molecule is CC(C)(O)c1cc(Nc2cc3ncccc3c(N[C@@H]3C[C@H]4CC[C@@H](C3)N4CCC#N)n2)n[nH]1. The van der Waals surface area contributed by atoms with E-state index in [2.05, 4.69) is 36.8 Å². The first-order valence-corrected chi connectivity index (χ1v) is 11.6. The summed E-state index contributed by atoms with van der Waals surface area (Å²) < 4.78 is 0. The largest absolute Gasteiger partial charge is 0.384 e. The number of aromatic amines is 1. The standard InChI is InChI=1S/C24H30N8O/c1-24(2,33)20-14-22(31-30-20)28-21-13-19-18(5-3-9-26-19)23(29-21)27-15-11-16-6-7-17(12-15)32(16)10-4-8-25/h3,5,9,13-17,33H,4,6-7,10-12H2,1-2H3,(H3,27,28,29,30,31)/t15-,16-,17+. The Kier molecular flexibility index (Phi) is 5.64. The van der Waals surface area contributed by atoms with Gasteiger partial charge in [0.2, 0.25) is 0 Å². The van der Waals surface area contributed by atoms with Crippen LogP contribution in [-0.4, -0.2) is 54.8 Å². The highest BCUT2D eigenvalue weighted by atomic mass is 16.3. The van der Waals surface area contributed by atoms with E-state index >= 15 is 0 Å². The first-order valence-electron chi connectivity index (χ1n) is 11.6. The molecule has 0 aromatic carbocycles. The summed E-state index contributed by atoms with van der Waals surface area (Å²) in [6.07, 6.45) is 6.89. The molecule has 2 aliphatic rings. The molecule has 2 aliphatic heterocycles. The van der Waals surface area contributed by atoms with E-state index in [-0.39, 0.29) is 0 Å². The average molecular weight is 447 g/mol. The van der Waals surface area contributed by atoms with Crippen molar-refractivity contribution in [3.63, 3.8) is 0 Å². The average Bonchev–Trinajstić information content (AvgIpc) is 3.34. The lowest BCUT2D eigenvalue weighted by atomic mass is 9.97. The second-order valence-electron chi connectivity index (χ2n) is 9.62. The molecule has 9 heteroatoms. The Morgan fingerprint density at radius 1 is 1.24 bits per heavy atom. The van der Waals surface area contributed by atoms with Crippen molar-refractivity contribution in [2.75, 3.05) is 17.2 Å². The second kappa shape index (κ2) is 8.61. The van der Waals surface area contributed by atoms with Crippen LogP contribution in [0, 0.1) is 11.3 Å². The van der Waals surface area contributed by atoms with Gasteiger partial charge in [-0.2, -0.15) is 10.4 Å². The maximum atomic E-state index is 10.2. The Morgan fingerprint density at radius 3 is 2.73 bits per heavy atom. The van der Waals surface area contributed by atoms with Crippen LogP contribution in [0.3, 0.4) is 0 Å². The summed E-state index contributed by atoms with van der Waals surface area (Å²) in [6, 6.07) is 11.3. The van der Waals surface area contributed by atoms with Gasteiger partial charge in [-0.05, 0) is 51.7 Å². The van der Waals surface area contributed by atoms with Crippen LogP contribution < -0.4 is 10.6 Å². The molecule has 0 amide bonds. The summed E-state index contributed by atoms with van der Waals surface area (Å²) in [5.74, 6) is 2.05. The summed E-state index contributed by atoms with van der Waals surface area (Å²) in [5, 5.41) is 34.2. The molecule has 172 valence electrons. The molecular weight excluding hydrogens is 416 g/mol. The molecule has 3 atom stereocenters. The summed E-state index contributed by atoms with van der Waals surface area (Å²) in [5.41, 5.74) is 0.477. The summed E-state index contributed by atoms with van der Waals surface area (Å²) in [6.45, 7) is 4.30. The monoisotopic (exact) mass is 446 g/mol. The lowest BCUT2D eigenvalue weighted by molar-refractivity contribution is 0.0738. The van der Waals surface area contributed by atoms with Crippen molar-refractivity contribution >= 4 is 28.4 Å². The molecule has 9 nitrogen and oxygen atoms in total. The van der Waals surface area contributed by atoms with Gasteiger partial charge in [0, 0.05) is 54.8 Å². The van der Waals surface area contributed by atoms with Gasteiger partial charge in [0.25, 0.3) is 0 Å². The fourth-order valence-electron chi connectivity index (χ4n) is 5.21. The van der Waals surface area contributed by atoms with Crippen molar-refractivity contribution in [1.82, 2.24) is 25.1 Å². The van der Waals surface area contributed by atoms with E-state index < -0.39 is 5.60 Å². The Labute approximate surface area is 193 Å². The highest BCUT2D eigenvalue weighted by molar-refractivity contribution is 5.91. The third-order valence-corrected chi connectivity index (χ3v) is 6.80. The number of rotatable bonds is 7. The predicted molar refractivity (Wildman–Crippen MR) is 127 cm³/mol. The van der Waals surface area contributed by atoms with Crippen LogP contribution in [0.25, 0.3) is 10.9 Å². The number of fused-ring (bicyclic) bond motifs is 3. The molecule has 33 heavy (non-hydrogen) atoms. The molecule has 3 aromatic heterocycles. The Hall–Kier alpha value is -3.22. The molecule has 0 aliphatic carbocycles. The number of nitrogens with zero attached hydrogens (tertiary/aromatic N) is 5. The van der Waals surface area contributed by atoms with Gasteiger partial charge in [-0.25, -0.2) is 4.98 Å². The van der Waals surface area contributed by atoms with Crippen molar-refractivity contribution < 1.29 is 5.11 Å². The number of pyridine rings is 2. The second-order valence-corrected chi connectivity index (χ2v) is 9.62. The van der Waals surface area contributed by atoms with Crippen molar-refractivity contribution in [1.29, 1.82) is 5.26 Å². The molecule has 5 heterocycles. The predicted octanol–water partition coefficient (Wildman–Crippen LogP) is 3.64. The number of piperidine rings is 1. The van der Waals surface area contributed by atoms with Crippen LogP contribution in [0.5, 0.6) is 0 Å². The molecule has 4 N–H and O–H groups in total. The van der Waals surface area contributed by atoms with Crippen molar-refractivity contribution in [2.45, 2.75) is 69.7 Å². The van der Waals surface area contributed by atoms with Crippen LogP contribution in [0.15, 0.2) is 30.5 Å². The molecule has 0 radical (unpaired) electrons. The summed E-state index contributed by atoms with van der Waals surface area (Å²) in [7, 11) is 0. The van der Waals surface area contributed by atoms with Gasteiger partial charge in [-0.1, -0.05) is 0 Å². The Morgan fingerprint density at radius 2 is 2.03 bits per heavy atom. The normalized spacial score (nSPS) is 22.9. The fraction of sp³-hybridized carbons (Fsp3) is 0.500. The highest BCUT2D eigenvalue weighted by Crippen LogP contribution is 2.37. The summed E-state index contributed by atoms with van der Waals surface area (Å²) >= 11 is 0. The Balaban J connectivity index is 1.37. The quantitative estimate of drug-likeness (QED) is 0.433. The van der Waals surface area contributed by atoms with Crippen LogP contribution in [-0.2, 0) is 5.60 Å². The van der Waals surface area contributed by atoms with E-state index in [0.717, 1.165) is 36.1 Å². The third kappa shape index (κ3) is 4.49. The molecule has 2 fully saturated rings. The number of nitrogens with one attached hydrogen (secondary N) is 3. The van der Waals surface area contributed by atoms with Crippen molar-refractivity contribution in [2.24, 2.45) is 0 Å². The highest BCUT2D eigenvalue weighted by Gasteiger charge is 2.40. The van der Waals surface area contributed by atoms with Gasteiger partial charge >= 0.3 is 0 Å². The molecular formula is C24H30N8O. The maximum absolute atomic E-state index is 10.2. The third-order valence-electron chi connectivity index (χ3n) is 6.80. The molecule has 0 spiro atoms. The van der Waals surface area contributed by atoms with Gasteiger partial charge in [0.05, 0.1) is 17.3 Å². The molecule has 0 unspecified atom stereocenters. The zero-order valence-corrected chi connectivity index (χ0v) is 19.0. The number of H-pyrrole nitrogens is 1.